The quantitative estimate of drug-likeness (QED) is 0.775. The number of hydrogen-bond acceptors (Lipinski definition) is 3. The largest absolute Gasteiger partial charge is 0.478 e. The molecule has 3 N–H and O–H groups in total. The minimum Gasteiger partial charge on any atom is -0.478 e. The molecular weight excluding hydrogens is 240 g/mol. The number of hydrogen-bond donors (Lipinski definition) is 3. The number of carbonyl (C=O) groups is 2. The molecule has 0 radical (unpaired) electrons. The van der Waals surface area contributed by atoms with Gasteiger partial charge in [0.1, 0.15) is 5.00 Å². The fourth-order valence-corrected chi connectivity index (χ4v) is 2.54. The van der Waals surface area contributed by atoms with E-state index in [2.05, 4.69) is 10.6 Å². The molecule has 1 heterocycles. The molecule has 5 nitrogen and oxygen atoms in total. The van der Waals surface area contributed by atoms with E-state index in [-0.39, 0.29) is 17.6 Å². The van der Waals surface area contributed by atoms with Gasteiger partial charge in [0.15, 0.2) is 0 Å². The van der Waals surface area contributed by atoms with Gasteiger partial charge in [0.05, 0.1) is 5.56 Å². The molecular formula is C11H14N2O3S. The lowest BCUT2D eigenvalue weighted by molar-refractivity contribution is 0.0698. The van der Waals surface area contributed by atoms with Crippen LogP contribution in [0.2, 0.25) is 0 Å². The lowest BCUT2D eigenvalue weighted by Gasteiger charge is -2.26. The van der Waals surface area contributed by atoms with Crippen molar-refractivity contribution in [3.05, 3.63) is 16.5 Å². The third kappa shape index (κ3) is 2.76. The zero-order valence-electron chi connectivity index (χ0n) is 9.45. The zero-order chi connectivity index (χ0) is 12.4. The number of carbonyl (C=O) groups excluding carboxylic acids is 1. The maximum Gasteiger partial charge on any atom is 0.338 e. The van der Waals surface area contributed by atoms with Gasteiger partial charge in [-0.1, -0.05) is 0 Å². The molecule has 0 aliphatic heterocycles. The van der Waals surface area contributed by atoms with Gasteiger partial charge < -0.3 is 10.4 Å². The first-order valence-corrected chi connectivity index (χ1v) is 6.29. The fraction of sp³-hybridized carbons (Fsp3) is 0.455. The van der Waals surface area contributed by atoms with E-state index in [9.17, 15) is 9.59 Å². The molecule has 1 aromatic heterocycles. The number of urea groups is 1. The normalized spacial score (nSPS) is 15.1. The van der Waals surface area contributed by atoms with E-state index in [4.69, 9.17) is 5.11 Å². The predicted molar refractivity (Wildman–Crippen MR) is 65.8 cm³/mol. The van der Waals surface area contributed by atoms with E-state index >= 15 is 0 Å². The highest BCUT2D eigenvalue weighted by Gasteiger charge is 2.21. The highest BCUT2D eigenvalue weighted by atomic mass is 32.1. The van der Waals surface area contributed by atoms with Crippen LogP contribution in [0.25, 0.3) is 0 Å². The van der Waals surface area contributed by atoms with Crippen molar-refractivity contribution in [1.82, 2.24) is 5.32 Å². The van der Waals surface area contributed by atoms with Crippen molar-refractivity contribution in [2.75, 3.05) is 5.32 Å². The Bertz CT molecular complexity index is 452. The van der Waals surface area contributed by atoms with Gasteiger partial charge >= 0.3 is 12.0 Å². The van der Waals surface area contributed by atoms with E-state index in [1.54, 1.807) is 6.07 Å². The van der Waals surface area contributed by atoms with E-state index < -0.39 is 5.97 Å². The summed E-state index contributed by atoms with van der Waals surface area (Å²) in [6.07, 6.45) is 3.15. The van der Waals surface area contributed by atoms with Crippen LogP contribution < -0.4 is 10.6 Å². The summed E-state index contributed by atoms with van der Waals surface area (Å²) in [7, 11) is 0. The summed E-state index contributed by atoms with van der Waals surface area (Å²) < 4.78 is 0. The van der Waals surface area contributed by atoms with Crippen LogP contribution in [0, 0.1) is 6.92 Å². The molecule has 0 saturated heterocycles. The third-order valence-corrected chi connectivity index (χ3v) is 3.72. The number of rotatable bonds is 3. The molecule has 1 fully saturated rings. The number of aromatic carboxylic acids is 1. The molecule has 1 aromatic rings. The Kier molecular flexibility index (Phi) is 3.33. The Labute approximate surface area is 103 Å². The molecule has 2 rings (SSSR count). The molecule has 2 amide bonds. The lowest BCUT2D eigenvalue weighted by atomic mass is 9.93. The molecule has 1 aliphatic carbocycles. The minimum atomic E-state index is -1.02. The SMILES string of the molecule is Cc1cc(C(=O)O)c(NC(=O)NC2CCC2)s1. The van der Waals surface area contributed by atoms with Crippen LogP contribution in [0.15, 0.2) is 6.07 Å². The average Bonchev–Trinajstić information content (AvgIpc) is 2.53. The van der Waals surface area contributed by atoms with Crippen molar-refractivity contribution in [2.45, 2.75) is 32.2 Å². The van der Waals surface area contributed by atoms with E-state index in [1.807, 2.05) is 6.92 Å². The van der Waals surface area contributed by atoms with E-state index in [0.717, 1.165) is 24.1 Å². The minimum absolute atomic E-state index is 0.149. The van der Waals surface area contributed by atoms with E-state index in [1.165, 1.54) is 11.3 Å². The first-order chi connectivity index (χ1) is 8.06. The summed E-state index contributed by atoms with van der Waals surface area (Å²) in [6.45, 7) is 1.81. The average molecular weight is 254 g/mol. The van der Waals surface area contributed by atoms with Gasteiger partial charge in [-0.3, -0.25) is 5.32 Å². The molecule has 0 atom stereocenters. The molecule has 0 bridgehead atoms. The zero-order valence-corrected chi connectivity index (χ0v) is 10.3. The summed E-state index contributed by atoms with van der Waals surface area (Å²) in [4.78, 5) is 23.4. The predicted octanol–water partition coefficient (Wildman–Crippen LogP) is 2.43. The molecule has 6 heteroatoms. The van der Waals surface area contributed by atoms with Crippen molar-refractivity contribution in [3.63, 3.8) is 0 Å². The van der Waals surface area contributed by atoms with Gasteiger partial charge in [0.2, 0.25) is 0 Å². The Morgan fingerprint density at radius 1 is 1.47 bits per heavy atom. The van der Waals surface area contributed by atoms with Crippen LogP contribution in [0.1, 0.15) is 34.5 Å². The molecule has 0 aromatic carbocycles. The Balaban J connectivity index is 2.01. The van der Waals surface area contributed by atoms with Crippen LogP contribution in [-0.4, -0.2) is 23.1 Å². The molecule has 1 aliphatic rings. The lowest BCUT2D eigenvalue weighted by Crippen LogP contribution is -2.41. The highest BCUT2D eigenvalue weighted by Crippen LogP contribution is 2.27. The number of anilines is 1. The van der Waals surface area contributed by atoms with Crippen LogP contribution in [0.4, 0.5) is 9.80 Å². The smallest absolute Gasteiger partial charge is 0.338 e. The molecule has 0 unspecified atom stereocenters. The standard InChI is InChI=1S/C11H14N2O3S/c1-6-5-8(10(14)15)9(17-6)13-11(16)12-7-3-2-4-7/h5,7H,2-4H2,1H3,(H,14,15)(H2,12,13,16). The maximum atomic E-state index is 11.6. The Morgan fingerprint density at radius 3 is 2.71 bits per heavy atom. The summed E-state index contributed by atoms with van der Waals surface area (Å²) >= 11 is 1.27. The van der Waals surface area contributed by atoms with Crippen LogP contribution in [-0.2, 0) is 0 Å². The summed E-state index contributed by atoms with van der Waals surface area (Å²) in [5, 5.41) is 14.8. The van der Waals surface area contributed by atoms with Gasteiger partial charge in [-0.15, -0.1) is 11.3 Å². The summed E-state index contributed by atoms with van der Waals surface area (Å²) in [6, 6.07) is 1.48. The Hall–Kier alpha value is -1.56. The van der Waals surface area contributed by atoms with Crippen molar-refractivity contribution in [1.29, 1.82) is 0 Å². The summed E-state index contributed by atoms with van der Waals surface area (Å²) in [5.41, 5.74) is 0.149. The first kappa shape index (κ1) is 11.9. The van der Waals surface area contributed by atoms with Crippen molar-refractivity contribution in [3.8, 4) is 0 Å². The van der Waals surface area contributed by atoms with Crippen molar-refractivity contribution < 1.29 is 14.7 Å². The van der Waals surface area contributed by atoms with Crippen LogP contribution in [0.3, 0.4) is 0 Å². The van der Waals surface area contributed by atoms with Gasteiger partial charge in [-0.25, -0.2) is 9.59 Å². The number of carboxylic acids is 1. The van der Waals surface area contributed by atoms with Crippen molar-refractivity contribution >= 4 is 28.3 Å². The second-order valence-electron chi connectivity index (χ2n) is 4.13. The van der Waals surface area contributed by atoms with Crippen LogP contribution >= 0.6 is 11.3 Å². The van der Waals surface area contributed by atoms with Gasteiger partial charge in [0, 0.05) is 10.9 Å². The van der Waals surface area contributed by atoms with Gasteiger partial charge in [-0.05, 0) is 32.3 Å². The van der Waals surface area contributed by atoms with Crippen molar-refractivity contribution in [2.24, 2.45) is 0 Å². The number of carboxylic acid groups (broad SMARTS) is 1. The second-order valence-corrected chi connectivity index (χ2v) is 5.39. The Morgan fingerprint density at radius 2 is 2.18 bits per heavy atom. The maximum absolute atomic E-state index is 11.6. The third-order valence-electron chi connectivity index (χ3n) is 2.75. The molecule has 17 heavy (non-hydrogen) atoms. The molecule has 92 valence electrons. The topological polar surface area (TPSA) is 78.4 Å². The van der Waals surface area contributed by atoms with Gasteiger partial charge in [0.25, 0.3) is 0 Å². The first-order valence-electron chi connectivity index (χ1n) is 5.47. The van der Waals surface area contributed by atoms with Crippen LogP contribution in [0.5, 0.6) is 0 Å². The number of thiophene rings is 1. The number of amides is 2. The molecule has 0 spiro atoms. The number of aryl methyl sites for hydroxylation is 1. The fourth-order valence-electron chi connectivity index (χ4n) is 1.64. The monoisotopic (exact) mass is 254 g/mol. The second kappa shape index (κ2) is 4.75. The summed E-state index contributed by atoms with van der Waals surface area (Å²) in [5.74, 6) is -1.02. The van der Waals surface area contributed by atoms with Gasteiger partial charge in [-0.2, -0.15) is 0 Å². The number of nitrogens with one attached hydrogen (secondary N) is 2. The van der Waals surface area contributed by atoms with E-state index in [0.29, 0.717) is 5.00 Å². The highest BCUT2D eigenvalue weighted by molar-refractivity contribution is 7.16. The molecule has 1 saturated carbocycles.